The highest BCUT2D eigenvalue weighted by Crippen LogP contribution is 1.94. The highest BCUT2D eigenvalue weighted by molar-refractivity contribution is 5.69. The number of esters is 1. The quantitative estimate of drug-likeness (QED) is 0.463. The van der Waals surface area contributed by atoms with Crippen molar-refractivity contribution in [2.45, 2.75) is 25.7 Å². The molecule has 0 aromatic carbocycles. The lowest BCUT2D eigenvalue weighted by atomic mass is 10.3. The molecule has 0 aromatic heterocycles. The smallest absolute Gasteiger partial charge is 0.305 e. The van der Waals surface area contributed by atoms with Crippen LogP contribution in [0, 0.1) is 6.92 Å². The summed E-state index contributed by atoms with van der Waals surface area (Å²) in [6, 6.07) is 0. The molecule has 0 aromatic rings. The molecule has 0 spiro atoms. The van der Waals surface area contributed by atoms with Crippen molar-refractivity contribution in [2.75, 3.05) is 13.2 Å². The minimum atomic E-state index is -0.229. The zero-order chi connectivity index (χ0) is 8.53. The topological polar surface area (TPSA) is 46.5 Å². The van der Waals surface area contributed by atoms with Gasteiger partial charge in [-0.3, -0.25) is 4.79 Å². The maximum atomic E-state index is 10.7. The van der Waals surface area contributed by atoms with E-state index in [1.165, 1.54) is 0 Å². The number of aliphatic hydroxyl groups excluding tert-OH is 1. The van der Waals surface area contributed by atoms with Gasteiger partial charge in [-0.25, -0.2) is 0 Å². The number of aliphatic hydroxyl groups is 1. The second kappa shape index (κ2) is 7.54. The molecule has 0 saturated heterocycles. The largest absolute Gasteiger partial charge is 0.466 e. The molecule has 0 bridgehead atoms. The van der Waals surface area contributed by atoms with E-state index in [4.69, 9.17) is 9.84 Å². The van der Waals surface area contributed by atoms with Crippen LogP contribution in [-0.4, -0.2) is 24.3 Å². The molecular formula is C8H15O3. The summed E-state index contributed by atoms with van der Waals surface area (Å²) >= 11 is 0. The van der Waals surface area contributed by atoms with Gasteiger partial charge in [0.05, 0.1) is 6.61 Å². The lowest BCUT2D eigenvalue weighted by molar-refractivity contribution is -0.144. The van der Waals surface area contributed by atoms with Gasteiger partial charge in [-0.05, 0) is 12.8 Å². The Labute approximate surface area is 67.4 Å². The van der Waals surface area contributed by atoms with Gasteiger partial charge in [0.2, 0.25) is 0 Å². The summed E-state index contributed by atoms with van der Waals surface area (Å²) in [6.07, 6.45) is 2.40. The molecule has 0 rings (SSSR count). The van der Waals surface area contributed by atoms with E-state index in [0.29, 0.717) is 19.4 Å². The molecule has 0 heterocycles. The van der Waals surface area contributed by atoms with Gasteiger partial charge in [-0.15, -0.1) is 0 Å². The first kappa shape index (κ1) is 10.4. The van der Waals surface area contributed by atoms with Gasteiger partial charge < -0.3 is 9.84 Å². The van der Waals surface area contributed by atoms with E-state index in [-0.39, 0.29) is 12.6 Å². The van der Waals surface area contributed by atoms with Crippen molar-refractivity contribution < 1.29 is 14.6 Å². The molecule has 0 unspecified atom stereocenters. The van der Waals surface area contributed by atoms with E-state index in [9.17, 15) is 4.79 Å². The van der Waals surface area contributed by atoms with Gasteiger partial charge in [0.15, 0.2) is 0 Å². The molecule has 0 aliphatic carbocycles. The monoisotopic (exact) mass is 159 g/mol. The second-order valence-corrected chi connectivity index (χ2v) is 2.25. The Morgan fingerprint density at radius 2 is 2.18 bits per heavy atom. The van der Waals surface area contributed by atoms with Crippen LogP contribution in [0.25, 0.3) is 0 Å². The van der Waals surface area contributed by atoms with Gasteiger partial charge in [0, 0.05) is 13.0 Å². The van der Waals surface area contributed by atoms with Gasteiger partial charge in [0.25, 0.3) is 0 Å². The van der Waals surface area contributed by atoms with Crippen LogP contribution >= 0.6 is 0 Å². The maximum absolute atomic E-state index is 10.7. The van der Waals surface area contributed by atoms with E-state index >= 15 is 0 Å². The third kappa shape index (κ3) is 7.33. The first-order chi connectivity index (χ1) is 5.31. The predicted molar refractivity (Wildman–Crippen MR) is 41.9 cm³/mol. The van der Waals surface area contributed by atoms with Crippen LogP contribution < -0.4 is 0 Å². The standard InChI is InChI=1S/C8H15O3/c1-2-3-7-11-8(10)5-4-6-9/h9H,1-7H2. The number of rotatable bonds is 6. The average Bonchev–Trinajstić information content (AvgIpc) is 2.01. The van der Waals surface area contributed by atoms with Crippen LogP contribution in [-0.2, 0) is 9.53 Å². The molecule has 0 amide bonds. The molecule has 0 aliphatic heterocycles. The highest BCUT2D eigenvalue weighted by atomic mass is 16.5. The Kier molecular flexibility index (Phi) is 7.15. The molecule has 3 nitrogen and oxygen atoms in total. The Bertz CT molecular complexity index is 102. The van der Waals surface area contributed by atoms with Crippen LogP contribution in [0.2, 0.25) is 0 Å². The molecule has 0 fully saturated rings. The minimum absolute atomic E-state index is 0.0461. The Morgan fingerprint density at radius 3 is 2.73 bits per heavy atom. The Balaban J connectivity index is 3.09. The van der Waals surface area contributed by atoms with Crippen molar-refractivity contribution in [1.29, 1.82) is 0 Å². The van der Waals surface area contributed by atoms with Crippen molar-refractivity contribution in [3.8, 4) is 0 Å². The summed E-state index contributed by atoms with van der Waals surface area (Å²) in [7, 11) is 0. The number of hydrogen-bond donors (Lipinski definition) is 1. The first-order valence-electron chi connectivity index (χ1n) is 3.87. The summed E-state index contributed by atoms with van der Waals surface area (Å²) in [5, 5.41) is 8.37. The second-order valence-electron chi connectivity index (χ2n) is 2.25. The van der Waals surface area contributed by atoms with Crippen molar-refractivity contribution in [2.24, 2.45) is 0 Å². The van der Waals surface area contributed by atoms with Crippen molar-refractivity contribution in [3.05, 3.63) is 6.92 Å². The van der Waals surface area contributed by atoms with Gasteiger partial charge in [-0.2, -0.15) is 0 Å². The van der Waals surface area contributed by atoms with Crippen LogP contribution in [0.15, 0.2) is 0 Å². The number of carbonyl (C=O) groups excluding carboxylic acids is 1. The molecule has 0 aliphatic rings. The zero-order valence-electron chi connectivity index (χ0n) is 6.71. The summed E-state index contributed by atoms with van der Waals surface area (Å²) in [4.78, 5) is 10.7. The third-order valence-electron chi connectivity index (χ3n) is 1.20. The molecule has 0 atom stereocenters. The van der Waals surface area contributed by atoms with Crippen LogP contribution in [0.1, 0.15) is 25.7 Å². The predicted octanol–water partition coefficient (Wildman–Crippen LogP) is 0.916. The maximum Gasteiger partial charge on any atom is 0.305 e. The fourth-order valence-corrected chi connectivity index (χ4v) is 0.584. The van der Waals surface area contributed by atoms with Crippen LogP contribution in [0.3, 0.4) is 0 Å². The lowest BCUT2D eigenvalue weighted by Gasteiger charge is -2.01. The van der Waals surface area contributed by atoms with E-state index < -0.39 is 0 Å². The van der Waals surface area contributed by atoms with E-state index in [1.54, 1.807) is 0 Å². The van der Waals surface area contributed by atoms with Crippen LogP contribution in [0.5, 0.6) is 0 Å². The van der Waals surface area contributed by atoms with Crippen molar-refractivity contribution >= 4 is 5.97 Å². The Hall–Kier alpha value is -0.570. The van der Waals surface area contributed by atoms with Crippen molar-refractivity contribution in [1.82, 2.24) is 0 Å². The summed E-state index contributed by atoms with van der Waals surface area (Å²) < 4.78 is 4.79. The molecule has 11 heavy (non-hydrogen) atoms. The van der Waals surface area contributed by atoms with Gasteiger partial charge >= 0.3 is 5.97 Å². The number of carbonyl (C=O) groups is 1. The highest BCUT2D eigenvalue weighted by Gasteiger charge is 1.99. The van der Waals surface area contributed by atoms with Crippen molar-refractivity contribution in [3.63, 3.8) is 0 Å². The molecule has 0 saturated carbocycles. The molecule has 1 N–H and O–H groups in total. The fourth-order valence-electron chi connectivity index (χ4n) is 0.584. The molecule has 3 heteroatoms. The summed E-state index contributed by atoms with van der Waals surface area (Å²) in [5.41, 5.74) is 0. The van der Waals surface area contributed by atoms with Gasteiger partial charge in [0.1, 0.15) is 0 Å². The zero-order valence-corrected chi connectivity index (χ0v) is 6.71. The van der Waals surface area contributed by atoms with E-state index in [1.807, 2.05) is 0 Å². The number of ether oxygens (including phenoxy) is 1. The minimum Gasteiger partial charge on any atom is -0.466 e. The summed E-state index contributed by atoms with van der Waals surface area (Å²) in [5.74, 6) is -0.229. The Morgan fingerprint density at radius 1 is 1.45 bits per heavy atom. The SMILES string of the molecule is [CH2]CCCOC(=O)CCCO. The third-order valence-corrected chi connectivity index (χ3v) is 1.20. The normalized spacial score (nSPS) is 9.64. The number of unbranched alkanes of at least 4 members (excludes halogenated alkanes) is 1. The average molecular weight is 159 g/mol. The van der Waals surface area contributed by atoms with Gasteiger partial charge in [-0.1, -0.05) is 13.3 Å². The molecular weight excluding hydrogens is 144 g/mol. The molecule has 1 radical (unpaired) electrons. The number of hydrogen-bond acceptors (Lipinski definition) is 3. The van der Waals surface area contributed by atoms with E-state index in [2.05, 4.69) is 6.92 Å². The van der Waals surface area contributed by atoms with E-state index in [0.717, 1.165) is 12.8 Å². The summed E-state index contributed by atoms with van der Waals surface area (Å²) in [6.45, 7) is 4.11. The van der Waals surface area contributed by atoms with Crippen LogP contribution in [0.4, 0.5) is 0 Å². The first-order valence-corrected chi connectivity index (χ1v) is 3.87. The molecule has 65 valence electrons. The fraction of sp³-hybridized carbons (Fsp3) is 0.750. The lowest BCUT2D eigenvalue weighted by Crippen LogP contribution is -2.06.